The summed E-state index contributed by atoms with van der Waals surface area (Å²) >= 11 is 5.63. The molecule has 0 nitrogen and oxygen atoms in total. The largest absolute Gasteiger partial charge is 0.122 e. The molecule has 0 spiro atoms. The van der Waals surface area contributed by atoms with Gasteiger partial charge < -0.3 is 0 Å². The van der Waals surface area contributed by atoms with E-state index in [2.05, 4.69) is 39.8 Å². The first-order valence-corrected chi connectivity index (χ1v) is 6.99. The van der Waals surface area contributed by atoms with E-state index in [1.165, 1.54) is 31.3 Å². The Balaban J connectivity index is 3.64. The van der Waals surface area contributed by atoms with Gasteiger partial charge >= 0.3 is 0 Å². The molecule has 1 heteroatoms. The van der Waals surface area contributed by atoms with Gasteiger partial charge in [0.15, 0.2) is 0 Å². The van der Waals surface area contributed by atoms with Crippen LogP contribution in [-0.2, 0) is 0 Å². The Bertz CT molecular complexity index is 213. The van der Waals surface area contributed by atoms with Crippen LogP contribution in [0.15, 0.2) is 23.8 Å². The lowest BCUT2D eigenvalue weighted by Crippen LogP contribution is -1.95. The van der Waals surface area contributed by atoms with Gasteiger partial charge in [0.05, 0.1) is 0 Å². The van der Waals surface area contributed by atoms with Crippen LogP contribution in [0.2, 0.25) is 0 Å². The van der Waals surface area contributed by atoms with Crippen molar-refractivity contribution in [3.05, 3.63) is 23.8 Å². The van der Waals surface area contributed by atoms with Crippen molar-refractivity contribution >= 4 is 11.6 Å². The summed E-state index contributed by atoms with van der Waals surface area (Å²) in [6, 6.07) is 0. The molecule has 1 atom stereocenters. The lowest BCUT2D eigenvalue weighted by atomic mass is 9.97. The summed E-state index contributed by atoms with van der Waals surface area (Å²) in [6.07, 6.45) is 11.8. The average molecular weight is 243 g/mol. The van der Waals surface area contributed by atoms with Gasteiger partial charge in [-0.2, -0.15) is 0 Å². The Kier molecular flexibility index (Phi) is 9.82. The van der Waals surface area contributed by atoms with Gasteiger partial charge in [-0.05, 0) is 25.2 Å². The predicted molar refractivity (Wildman–Crippen MR) is 76.1 cm³/mol. The van der Waals surface area contributed by atoms with Gasteiger partial charge in [-0.25, -0.2) is 0 Å². The van der Waals surface area contributed by atoms with E-state index >= 15 is 0 Å². The van der Waals surface area contributed by atoms with Gasteiger partial charge in [-0.1, -0.05) is 63.8 Å². The van der Waals surface area contributed by atoms with E-state index < -0.39 is 0 Å². The van der Waals surface area contributed by atoms with Crippen LogP contribution in [0.25, 0.3) is 0 Å². The Morgan fingerprint density at radius 3 is 2.44 bits per heavy atom. The van der Waals surface area contributed by atoms with Crippen LogP contribution in [0.4, 0.5) is 0 Å². The molecule has 0 N–H and O–H groups in total. The normalized spacial score (nSPS) is 15.0. The van der Waals surface area contributed by atoms with Gasteiger partial charge in [0.25, 0.3) is 0 Å². The zero-order chi connectivity index (χ0) is 12.4. The van der Waals surface area contributed by atoms with Crippen molar-refractivity contribution in [2.24, 2.45) is 11.8 Å². The molecule has 0 saturated carbocycles. The molecule has 0 fully saturated rings. The van der Waals surface area contributed by atoms with Crippen molar-refractivity contribution in [1.82, 2.24) is 0 Å². The molecule has 0 aliphatic heterocycles. The second-order valence-corrected chi connectivity index (χ2v) is 5.48. The smallest absolute Gasteiger partial charge is 0.0409 e. The van der Waals surface area contributed by atoms with Gasteiger partial charge in [0.2, 0.25) is 0 Å². The number of alkyl halides is 1. The number of allylic oxidation sites excluding steroid dienone is 4. The maximum atomic E-state index is 5.63. The van der Waals surface area contributed by atoms with E-state index in [9.17, 15) is 0 Å². The van der Waals surface area contributed by atoms with Crippen molar-refractivity contribution in [1.29, 1.82) is 0 Å². The fourth-order valence-corrected chi connectivity index (χ4v) is 1.91. The fourth-order valence-electron chi connectivity index (χ4n) is 1.67. The molecule has 0 aliphatic carbocycles. The quantitative estimate of drug-likeness (QED) is 0.385. The van der Waals surface area contributed by atoms with E-state index in [0.29, 0.717) is 5.88 Å². The molecule has 0 rings (SSSR count). The molecule has 0 radical (unpaired) electrons. The number of halogens is 1. The summed E-state index contributed by atoms with van der Waals surface area (Å²) < 4.78 is 0. The first-order chi connectivity index (χ1) is 7.56. The standard InChI is InChI=1S/C15H27Cl/c1-13(2)7-5-8-14(3)9-6-10-15(4)11-12-16/h6,10-11,13-14H,5,7-9,12H2,1-4H3. The topological polar surface area (TPSA) is 0 Å². The van der Waals surface area contributed by atoms with E-state index in [0.717, 1.165) is 11.8 Å². The summed E-state index contributed by atoms with van der Waals surface area (Å²) in [4.78, 5) is 0. The van der Waals surface area contributed by atoms with Crippen LogP contribution in [0, 0.1) is 11.8 Å². The highest BCUT2D eigenvalue weighted by Gasteiger charge is 2.00. The third kappa shape index (κ3) is 10.3. The summed E-state index contributed by atoms with van der Waals surface area (Å²) in [5.41, 5.74) is 1.27. The molecule has 0 aromatic heterocycles. The third-order valence-electron chi connectivity index (χ3n) is 2.80. The number of hydrogen-bond donors (Lipinski definition) is 0. The van der Waals surface area contributed by atoms with Crippen molar-refractivity contribution in [3.8, 4) is 0 Å². The lowest BCUT2D eigenvalue weighted by molar-refractivity contribution is 0.461. The Morgan fingerprint density at radius 2 is 1.88 bits per heavy atom. The molecule has 0 heterocycles. The van der Waals surface area contributed by atoms with Crippen molar-refractivity contribution in [3.63, 3.8) is 0 Å². The van der Waals surface area contributed by atoms with Gasteiger partial charge in [0, 0.05) is 5.88 Å². The minimum Gasteiger partial charge on any atom is -0.122 e. The van der Waals surface area contributed by atoms with Crippen LogP contribution in [0.3, 0.4) is 0 Å². The van der Waals surface area contributed by atoms with E-state index in [-0.39, 0.29) is 0 Å². The minimum atomic E-state index is 0.611. The molecule has 0 aromatic carbocycles. The molecule has 94 valence electrons. The van der Waals surface area contributed by atoms with Crippen LogP contribution in [-0.4, -0.2) is 5.88 Å². The molecule has 0 amide bonds. The SMILES string of the molecule is CC(C=CCC(C)CCCC(C)C)=CCCl. The number of rotatable bonds is 8. The first-order valence-electron chi connectivity index (χ1n) is 6.45. The summed E-state index contributed by atoms with van der Waals surface area (Å²) in [5.74, 6) is 2.26. The molecule has 0 aliphatic rings. The Morgan fingerprint density at radius 1 is 1.19 bits per heavy atom. The van der Waals surface area contributed by atoms with E-state index in [4.69, 9.17) is 11.6 Å². The van der Waals surface area contributed by atoms with Crippen LogP contribution in [0.5, 0.6) is 0 Å². The minimum absolute atomic E-state index is 0.611. The third-order valence-corrected chi connectivity index (χ3v) is 2.95. The van der Waals surface area contributed by atoms with Crippen molar-refractivity contribution in [2.45, 2.75) is 53.4 Å². The molecular formula is C15H27Cl. The Hall–Kier alpha value is -0.230. The molecule has 1 unspecified atom stereocenters. The predicted octanol–water partition coefficient (Wildman–Crippen LogP) is 5.58. The van der Waals surface area contributed by atoms with Gasteiger partial charge in [-0.15, -0.1) is 11.6 Å². The van der Waals surface area contributed by atoms with Crippen LogP contribution >= 0.6 is 11.6 Å². The average Bonchev–Trinajstić information content (AvgIpc) is 2.17. The lowest BCUT2D eigenvalue weighted by Gasteiger charge is -2.09. The zero-order valence-electron chi connectivity index (χ0n) is 11.3. The molecule has 0 bridgehead atoms. The maximum Gasteiger partial charge on any atom is 0.0409 e. The van der Waals surface area contributed by atoms with Gasteiger partial charge in [-0.3, -0.25) is 0 Å². The summed E-state index contributed by atoms with van der Waals surface area (Å²) in [6.45, 7) is 9.03. The Labute approximate surface area is 107 Å². The fraction of sp³-hybridized carbons (Fsp3) is 0.733. The van der Waals surface area contributed by atoms with E-state index in [1.807, 2.05) is 6.08 Å². The zero-order valence-corrected chi connectivity index (χ0v) is 12.1. The molecule has 0 aromatic rings. The molecular weight excluding hydrogens is 216 g/mol. The summed E-state index contributed by atoms with van der Waals surface area (Å²) in [5, 5.41) is 0. The number of hydrogen-bond acceptors (Lipinski definition) is 0. The van der Waals surface area contributed by atoms with Crippen molar-refractivity contribution in [2.75, 3.05) is 5.88 Å². The highest BCUT2D eigenvalue weighted by atomic mass is 35.5. The van der Waals surface area contributed by atoms with E-state index in [1.54, 1.807) is 0 Å². The first kappa shape index (κ1) is 15.8. The van der Waals surface area contributed by atoms with Crippen LogP contribution < -0.4 is 0 Å². The monoisotopic (exact) mass is 242 g/mol. The van der Waals surface area contributed by atoms with Gasteiger partial charge in [0.1, 0.15) is 0 Å². The van der Waals surface area contributed by atoms with Crippen LogP contribution in [0.1, 0.15) is 53.4 Å². The second-order valence-electron chi connectivity index (χ2n) is 5.17. The maximum absolute atomic E-state index is 5.63. The second kappa shape index (κ2) is 9.96. The molecule has 16 heavy (non-hydrogen) atoms. The highest BCUT2D eigenvalue weighted by molar-refractivity contribution is 6.18. The van der Waals surface area contributed by atoms with Crippen molar-refractivity contribution < 1.29 is 0 Å². The highest BCUT2D eigenvalue weighted by Crippen LogP contribution is 2.15. The summed E-state index contributed by atoms with van der Waals surface area (Å²) in [7, 11) is 0. The molecule has 0 saturated heterocycles.